The maximum Gasteiger partial charge on any atom is 0.267 e. The first kappa shape index (κ1) is 11.7. The number of anilines is 2. The van der Waals surface area contributed by atoms with Crippen LogP contribution in [0.2, 0.25) is 5.15 Å². The highest BCUT2D eigenvalue weighted by Gasteiger charge is 2.19. The highest BCUT2D eigenvalue weighted by molar-refractivity contribution is 7.92. The molecule has 0 radical (unpaired) electrons. The van der Waals surface area contributed by atoms with Crippen LogP contribution < -0.4 is 10.5 Å². The molecule has 2 heterocycles. The van der Waals surface area contributed by atoms with Gasteiger partial charge in [-0.3, -0.25) is 9.82 Å². The Labute approximate surface area is 102 Å². The Morgan fingerprint density at radius 1 is 1.35 bits per heavy atom. The van der Waals surface area contributed by atoms with Gasteiger partial charge in [0.15, 0.2) is 0 Å². The van der Waals surface area contributed by atoms with Crippen LogP contribution >= 0.6 is 11.6 Å². The zero-order valence-corrected chi connectivity index (χ0v) is 9.96. The Morgan fingerprint density at radius 2 is 2.12 bits per heavy atom. The standard InChI is InChI=1S/C8H8ClN5O2S/c9-7-2-1-5(3-11-7)14-17(15,16)6-4-12-13-8(6)10/h1-4,14H,(H3,10,12,13). The maximum absolute atomic E-state index is 11.9. The molecule has 0 amide bonds. The summed E-state index contributed by atoms with van der Waals surface area (Å²) < 4.78 is 26.0. The first-order valence-electron chi connectivity index (χ1n) is 4.42. The van der Waals surface area contributed by atoms with Crippen LogP contribution in [0.25, 0.3) is 0 Å². The van der Waals surface area contributed by atoms with E-state index < -0.39 is 10.0 Å². The second-order valence-corrected chi connectivity index (χ2v) is 5.16. The molecule has 0 atom stereocenters. The Bertz CT molecular complexity index is 622. The number of rotatable bonds is 3. The molecule has 2 aromatic heterocycles. The summed E-state index contributed by atoms with van der Waals surface area (Å²) in [4.78, 5) is 3.63. The molecule has 0 fully saturated rings. The number of pyridine rings is 1. The third-order valence-corrected chi connectivity index (χ3v) is 3.53. The predicted molar refractivity (Wildman–Crippen MR) is 63.1 cm³/mol. The third kappa shape index (κ3) is 2.48. The van der Waals surface area contributed by atoms with E-state index in [1.54, 1.807) is 0 Å². The fraction of sp³-hybridized carbons (Fsp3) is 0. The highest BCUT2D eigenvalue weighted by atomic mass is 35.5. The van der Waals surface area contributed by atoms with Crippen LogP contribution in [0, 0.1) is 0 Å². The van der Waals surface area contributed by atoms with Crippen molar-refractivity contribution in [2.75, 3.05) is 10.5 Å². The van der Waals surface area contributed by atoms with Gasteiger partial charge in [-0.05, 0) is 12.1 Å². The SMILES string of the molecule is Nc1[nH]ncc1S(=O)(=O)Nc1ccc(Cl)nc1. The van der Waals surface area contributed by atoms with Crippen molar-refractivity contribution in [3.05, 3.63) is 29.7 Å². The Morgan fingerprint density at radius 3 is 2.65 bits per heavy atom. The lowest BCUT2D eigenvalue weighted by molar-refractivity contribution is 0.601. The van der Waals surface area contributed by atoms with Crippen molar-refractivity contribution in [1.29, 1.82) is 0 Å². The van der Waals surface area contributed by atoms with Crippen LogP contribution in [0.5, 0.6) is 0 Å². The van der Waals surface area contributed by atoms with Crippen molar-refractivity contribution >= 4 is 33.1 Å². The van der Waals surface area contributed by atoms with E-state index in [-0.39, 0.29) is 21.6 Å². The van der Waals surface area contributed by atoms with E-state index in [0.717, 1.165) is 6.20 Å². The number of sulfonamides is 1. The molecule has 0 bridgehead atoms. The molecule has 90 valence electrons. The number of hydrogen-bond acceptors (Lipinski definition) is 5. The quantitative estimate of drug-likeness (QED) is 0.717. The molecule has 0 aliphatic heterocycles. The van der Waals surface area contributed by atoms with Gasteiger partial charge in [-0.1, -0.05) is 11.6 Å². The minimum Gasteiger partial charge on any atom is -0.383 e. The Kier molecular flexibility index (Phi) is 2.90. The van der Waals surface area contributed by atoms with Crippen molar-refractivity contribution in [1.82, 2.24) is 15.2 Å². The molecule has 0 spiro atoms. The summed E-state index contributed by atoms with van der Waals surface area (Å²) in [5, 5.41) is 6.15. The molecule has 0 unspecified atom stereocenters. The molecule has 9 heteroatoms. The zero-order valence-electron chi connectivity index (χ0n) is 8.38. The molecule has 4 N–H and O–H groups in total. The minimum atomic E-state index is -3.77. The number of nitrogens with two attached hydrogens (primary N) is 1. The van der Waals surface area contributed by atoms with E-state index >= 15 is 0 Å². The number of aromatic amines is 1. The van der Waals surface area contributed by atoms with Gasteiger partial charge in [0, 0.05) is 0 Å². The average molecular weight is 274 g/mol. The Balaban J connectivity index is 2.30. The van der Waals surface area contributed by atoms with Gasteiger partial charge in [0.05, 0.1) is 18.1 Å². The number of nitrogens with zero attached hydrogens (tertiary/aromatic N) is 2. The van der Waals surface area contributed by atoms with Crippen molar-refractivity contribution in [2.24, 2.45) is 0 Å². The fourth-order valence-corrected chi connectivity index (χ4v) is 2.32. The number of nitrogens with one attached hydrogen (secondary N) is 2. The first-order chi connectivity index (χ1) is 7.99. The van der Waals surface area contributed by atoms with Gasteiger partial charge in [-0.15, -0.1) is 0 Å². The predicted octanol–water partition coefficient (Wildman–Crippen LogP) is 0.841. The van der Waals surface area contributed by atoms with Gasteiger partial charge in [-0.2, -0.15) is 5.10 Å². The average Bonchev–Trinajstić information content (AvgIpc) is 2.68. The van der Waals surface area contributed by atoms with Crippen LogP contribution in [0.3, 0.4) is 0 Å². The normalized spacial score (nSPS) is 11.4. The molecule has 0 saturated heterocycles. The zero-order chi connectivity index (χ0) is 12.5. The molecule has 0 aliphatic rings. The molecule has 2 aromatic rings. The van der Waals surface area contributed by atoms with E-state index in [0.29, 0.717) is 0 Å². The van der Waals surface area contributed by atoms with E-state index in [9.17, 15) is 8.42 Å². The first-order valence-corrected chi connectivity index (χ1v) is 6.28. The molecular formula is C8H8ClN5O2S. The molecule has 17 heavy (non-hydrogen) atoms. The van der Waals surface area contributed by atoms with Gasteiger partial charge in [0.1, 0.15) is 15.9 Å². The van der Waals surface area contributed by atoms with Crippen molar-refractivity contribution in [2.45, 2.75) is 4.90 Å². The van der Waals surface area contributed by atoms with Gasteiger partial charge >= 0.3 is 0 Å². The fourth-order valence-electron chi connectivity index (χ4n) is 1.15. The number of nitrogen functional groups attached to an aromatic ring is 1. The van der Waals surface area contributed by atoms with Gasteiger partial charge in [-0.25, -0.2) is 13.4 Å². The van der Waals surface area contributed by atoms with Crippen LogP contribution in [0.1, 0.15) is 0 Å². The van der Waals surface area contributed by atoms with E-state index in [4.69, 9.17) is 17.3 Å². The van der Waals surface area contributed by atoms with Crippen LogP contribution in [0.15, 0.2) is 29.4 Å². The summed E-state index contributed by atoms with van der Waals surface area (Å²) in [6, 6.07) is 2.96. The van der Waals surface area contributed by atoms with Crippen LogP contribution in [-0.4, -0.2) is 23.6 Å². The largest absolute Gasteiger partial charge is 0.383 e. The summed E-state index contributed by atoms with van der Waals surface area (Å²) >= 11 is 5.58. The van der Waals surface area contributed by atoms with Crippen molar-refractivity contribution in [3.8, 4) is 0 Å². The minimum absolute atomic E-state index is 0.0283. The topological polar surface area (TPSA) is 114 Å². The molecule has 2 rings (SSSR count). The van der Waals surface area contributed by atoms with E-state index in [1.807, 2.05) is 0 Å². The van der Waals surface area contributed by atoms with Gasteiger partial charge < -0.3 is 5.73 Å². The summed E-state index contributed by atoms with van der Waals surface area (Å²) in [6.07, 6.45) is 2.43. The second-order valence-electron chi connectivity index (χ2n) is 3.12. The molecule has 0 aromatic carbocycles. The number of hydrogen-bond donors (Lipinski definition) is 3. The lowest BCUT2D eigenvalue weighted by atomic mass is 10.4. The lowest BCUT2D eigenvalue weighted by Gasteiger charge is -2.06. The molecular weight excluding hydrogens is 266 g/mol. The maximum atomic E-state index is 11.9. The van der Waals surface area contributed by atoms with Gasteiger partial charge in [0.25, 0.3) is 10.0 Å². The number of aromatic nitrogens is 3. The van der Waals surface area contributed by atoms with Crippen LogP contribution in [0.4, 0.5) is 11.5 Å². The highest BCUT2D eigenvalue weighted by Crippen LogP contribution is 2.19. The monoisotopic (exact) mass is 273 g/mol. The smallest absolute Gasteiger partial charge is 0.267 e. The summed E-state index contributed by atoms with van der Waals surface area (Å²) in [5.41, 5.74) is 5.72. The second kappa shape index (κ2) is 4.22. The lowest BCUT2D eigenvalue weighted by Crippen LogP contribution is -2.14. The van der Waals surface area contributed by atoms with E-state index in [1.165, 1.54) is 18.3 Å². The Hall–Kier alpha value is -1.80. The van der Waals surface area contributed by atoms with Crippen molar-refractivity contribution in [3.63, 3.8) is 0 Å². The van der Waals surface area contributed by atoms with Crippen molar-refractivity contribution < 1.29 is 8.42 Å². The third-order valence-electron chi connectivity index (χ3n) is 1.90. The number of H-pyrrole nitrogens is 1. The summed E-state index contributed by atoms with van der Waals surface area (Å²) in [6.45, 7) is 0. The molecule has 7 nitrogen and oxygen atoms in total. The summed E-state index contributed by atoms with van der Waals surface area (Å²) in [5.74, 6) is -0.0283. The molecule has 0 aliphatic carbocycles. The van der Waals surface area contributed by atoms with Crippen LogP contribution in [-0.2, 0) is 10.0 Å². The number of halogens is 1. The van der Waals surface area contributed by atoms with Gasteiger partial charge in [0.2, 0.25) is 0 Å². The summed E-state index contributed by atoms with van der Waals surface area (Å²) in [7, 11) is -3.77. The molecule has 0 saturated carbocycles. The van der Waals surface area contributed by atoms with E-state index in [2.05, 4.69) is 19.9 Å².